The van der Waals surface area contributed by atoms with E-state index < -0.39 is 0 Å². The van der Waals surface area contributed by atoms with Gasteiger partial charge in [0.05, 0.1) is 12.2 Å². The molecule has 0 aromatic carbocycles. The topological polar surface area (TPSA) is 49.7 Å². The van der Waals surface area contributed by atoms with Crippen molar-refractivity contribution in [3.05, 3.63) is 0 Å². The Labute approximate surface area is 227 Å². The molecule has 0 spiro atoms. The molecule has 0 amide bonds. The molecule has 0 heterocycles. The Bertz CT molecular complexity index is 782. The molecule has 12 unspecified atom stereocenters. The van der Waals surface area contributed by atoms with Crippen molar-refractivity contribution in [1.82, 2.24) is 0 Å². The van der Waals surface area contributed by atoms with Gasteiger partial charge in [-0.1, -0.05) is 41.5 Å². The van der Waals surface area contributed by atoms with Crippen molar-refractivity contribution in [2.24, 2.45) is 69.0 Å². The molecule has 212 valence electrons. The summed E-state index contributed by atoms with van der Waals surface area (Å²) in [6, 6.07) is 0. The summed E-state index contributed by atoms with van der Waals surface area (Å²) in [6.45, 7) is 15.8. The lowest BCUT2D eigenvalue weighted by Crippen LogP contribution is -2.45. The van der Waals surface area contributed by atoms with E-state index in [1.54, 1.807) is 0 Å². The summed E-state index contributed by atoms with van der Waals surface area (Å²) in [7, 11) is 0. The third-order valence-electron chi connectivity index (χ3n) is 15.6. The highest BCUT2D eigenvalue weighted by Crippen LogP contribution is 2.72. The van der Waals surface area contributed by atoms with Crippen LogP contribution < -0.4 is 0 Å². The molecule has 0 aliphatic heterocycles. The van der Waals surface area contributed by atoms with Gasteiger partial charge in [0.2, 0.25) is 0 Å². The van der Waals surface area contributed by atoms with Gasteiger partial charge in [-0.25, -0.2) is 0 Å². The monoisotopic (exact) mass is 514 g/mol. The number of hydrogen-bond acceptors (Lipinski definition) is 3. The molecular weight excluding hydrogens is 456 g/mol. The lowest BCUT2D eigenvalue weighted by Gasteiger charge is -2.48. The maximum atomic E-state index is 10.5. The van der Waals surface area contributed by atoms with E-state index in [1.165, 1.54) is 51.4 Å². The van der Waals surface area contributed by atoms with Crippen LogP contribution in [0.3, 0.4) is 0 Å². The number of rotatable bonds is 6. The molecule has 3 nitrogen and oxygen atoms in total. The first-order chi connectivity index (χ1) is 17.5. The third-order valence-corrected chi connectivity index (χ3v) is 15.6. The predicted molar refractivity (Wildman–Crippen MR) is 150 cm³/mol. The van der Waals surface area contributed by atoms with Gasteiger partial charge in [0.1, 0.15) is 0 Å². The average Bonchev–Trinajstić information content (AvgIpc) is 3.41. The van der Waals surface area contributed by atoms with Crippen molar-refractivity contribution in [3.8, 4) is 0 Å². The molecule has 4 bridgehead atoms. The minimum Gasteiger partial charge on any atom is -0.396 e. The van der Waals surface area contributed by atoms with E-state index in [4.69, 9.17) is 4.74 Å². The van der Waals surface area contributed by atoms with Crippen LogP contribution in [0.1, 0.15) is 119 Å². The van der Waals surface area contributed by atoms with E-state index in [2.05, 4.69) is 41.5 Å². The summed E-state index contributed by atoms with van der Waals surface area (Å²) in [4.78, 5) is 0. The molecule has 0 radical (unpaired) electrons. The van der Waals surface area contributed by atoms with Gasteiger partial charge in [0, 0.05) is 25.0 Å². The van der Waals surface area contributed by atoms with Crippen molar-refractivity contribution in [3.63, 3.8) is 0 Å². The van der Waals surface area contributed by atoms with E-state index >= 15 is 0 Å². The smallest absolute Gasteiger partial charge is 0.0629 e. The van der Waals surface area contributed by atoms with Crippen LogP contribution in [0.5, 0.6) is 0 Å². The number of aliphatic hydroxyl groups is 2. The number of fused-ring (bicyclic) bond motifs is 4. The van der Waals surface area contributed by atoms with Gasteiger partial charge in [-0.15, -0.1) is 0 Å². The fourth-order valence-electron chi connectivity index (χ4n) is 12.2. The highest BCUT2D eigenvalue weighted by molar-refractivity contribution is 5.13. The second kappa shape index (κ2) is 9.20. The lowest BCUT2D eigenvalue weighted by atomic mass is 9.59. The van der Waals surface area contributed by atoms with Crippen molar-refractivity contribution < 1.29 is 14.9 Å². The molecule has 37 heavy (non-hydrogen) atoms. The van der Waals surface area contributed by atoms with Gasteiger partial charge < -0.3 is 14.9 Å². The Morgan fingerprint density at radius 1 is 0.568 bits per heavy atom. The van der Waals surface area contributed by atoms with Gasteiger partial charge in [-0.3, -0.25) is 0 Å². The average molecular weight is 515 g/mol. The Kier molecular flexibility index (Phi) is 6.73. The van der Waals surface area contributed by atoms with Crippen LogP contribution in [-0.4, -0.2) is 35.6 Å². The van der Waals surface area contributed by atoms with Gasteiger partial charge >= 0.3 is 0 Å². The van der Waals surface area contributed by atoms with Crippen LogP contribution in [0.2, 0.25) is 0 Å². The molecular formula is C34H58O3. The first-order valence-corrected chi connectivity index (χ1v) is 16.3. The van der Waals surface area contributed by atoms with Gasteiger partial charge in [-0.2, -0.15) is 0 Å². The maximum absolute atomic E-state index is 10.5. The van der Waals surface area contributed by atoms with E-state index in [-0.39, 0.29) is 37.3 Å². The third kappa shape index (κ3) is 3.82. The van der Waals surface area contributed by atoms with E-state index in [0.717, 1.165) is 61.2 Å². The van der Waals surface area contributed by atoms with E-state index in [0.29, 0.717) is 21.7 Å². The van der Waals surface area contributed by atoms with Crippen LogP contribution in [0.25, 0.3) is 0 Å². The molecule has 0 aromatic rings. The highest BCUT2D eigenvalue weighted by Gasteiger charge is 2.64. The lowest BCUT2D eigenvalue weighted by molar-refractivity contribution is -0.133. The zero-order valence-electron chi connectivity index (χ0n) is 25.0. The van der Waals surface area contributed by atoms with Crippen molar-refractivity contribution >= 4 is 0 Å². The summed E-state index contributed by atoms with van der Waals surface area (Å²) >= 11 is 0. The Balaban J connectivity index is 1.08. The molecule has 2 N–H and O–H groups in total. The number of hydrogen-bond donors (Lipinski definition) is 2. The summed E-state index contributed by atoms with van der Waals surface area (Å²) in [5.74, 6) is 5.47. The summed E-state index contributed by atoms with van der Waals surface area (Å²) in [5.41, 5.74) is 1.89. The molecule has 6 rings (SSSR count). The summed E-state index contributed by atoms with van der Waals surface area (Å²) in [6.07, 6.45) is 15.8. The molecule has 0 aromatic heterocycles. The van der Waals surface area contributed by atoms with Gasteiger partial charge in [0.25, 0.3) is 0 Å². The number of aliphatic hydroxyl groups excluding tert-OH is 2. The fourth-order valence-corrected chi connectivity index (χ4v) is 12.2. The molecule has 6 aliphatic rings. The van der Waals surface area contributed by atoms with Crippen LogP contribution >= 0.6 is 0 Å². The van der Waals surface area contributed by atoms with Gasteiger partial charge in [0.15, 0.2) is 0 Å². The van der Waals surface area contributed by atoms with Crippen molar-refractivity contribution in [2.45, 2.75) is 131 Å². The standard InChI is InChI=1S/C34H58O3/c1-31(2)25-11-13-33(31,5)27(17-25)21-7-9-29(23(15-21)19-35)37-30-10-8-22(16-24(30)20-36)28-18-26-12-14-34(28,6)32(26,3)4/h21-30,35-36H,7-20H2,1-6H3. The zero-order chi connectivity index (χ0) is 26.4. The SMILES string of the molecule is CC1(C)C2CCC1(C)C(C1CCC(OC3CCC(C4CC5CCC4(C)C5(C)C)CC3CO)C(CO)C1)C2. The predicted octanol–water partition coefficient (Wildman–Crippen LogP) is 7.48. The molecule has 6 aliphatic carbocycles. The highest BCUT2D eigenvalue weighted by atomic mass is 16.5. The van der Waals surface area contributed by atoms with Gasteiger partial charge in [-0.05, 0) is 134 Å². The summed E-state index contributed by atoms with van der Waals surface area (Å²) < 4.78 is 6.90. The molecule has 6 fully saturated rings. The minimum atomic E-state index is 0.176. The van der Waals surface area contributed by atoms with Crippen LogP contribution in [0.15, 0.2) is 0 Å². The largest absolute Gasteiger partial charge is 0.396 e. The normalized spacial score (nSPS) is 54.2. The second-order valence-electron chi connectivity index (χ2n) is 16.7. The Morgan fingerprint density at radius 3 is 1.27 bits per heavy atom. The van der Waals surface area contributed by atoms with Crippen molar-refractivity contribution in [2.75, 3.05) is 13.2 Å². The Hall–Kier alpha value is -0.120. The minimum absolute atomic E-state index is 0.176. The van der Waals surface area contributed by atoms with Crippen molar-refractivity contribution in [1.29, 1.82) is 0 Å². The molecule has 0 saturated heterocycles. The molecule has 3 heteroatoms. The zero-order valence-corrected chi connectivity index (χ0v) is 25.0. The Morgan fingerprint density at radius 2 is 0.973 bits per heavy atom. The van der Waals surface area contributed by atoms with Crippen LogP contribution in [0.4, 0.5) is 0 Å². The number of ether oxygens (including phenoxy) is 1. The summed E-state index contributed by atoms with van der Waals surface area (Å²) in [5, 5.41) is 20.9. The molecule has 6 saturated carbocycles. The van der Waals surface area contributed by atoms with E-state index in [1.807, 2.05) is 0 Å². The fraction of sp³-hybridized carbons (Fsp3) is 1.00. The second-order valence-corrected chi connectivity index (χ2v) is 16.7. The molecule has 12 atom stereocenters. The van der Waals surface area contributed by atoms with Crippen LogP contribution in [0, 0.1) is 69.0 Å². The van der Waals surface area contributed by atoms with E-state index in [9.17, 15) is 10.2 Å². The first kappa shape index (κ1) is 27.1. The van der Waals surface area contributed by atoms with Crippen LogP contribution in [-0.2, 0) is 4.74 Å². The maximum Gasteiger partial charge on any atom is 0.0629 e. The first-order valence-electron chi connectivity index (χ1n) is 16.3. The quantitative estimate of drug-likeness (QED) is 0.386.